The molecule has 2 saturated heterocycles. The van der Waals surface area contributed by atoms with Crippen molar-refractivity contribution >= 4 is 17.5 Å². The standard InChI is InChI=1S/C23H27FN4O3/c1-16(29)26-11-20-14-28(15-31-20)19-6-7-21(22(24)10-19)18-4-2-17(3-5-18)13-27-9-8-25-12-23(27)30/h2-7,10,20,25H,8-9,11-15H2,1H3,(H,26,29)/t20-/m0/s1. The molecule has 2 heterocycles. The number of rotatable bonds is 6. The molecule has 4 rings (SSSR count). The molecule has 0 bridgehead atoms. The van der Waals surface area contributed by atoms with Gasteiger partial charge >= 0.3 is 0 Å². The Labute approximate surface area is 181 Å². The third-order valence-electron chi connectivity index (χ3n) is 5.61. The molecule has 0 saturated carbocycles. The maximum absolute atomic E-state index is 14.9. The summed E-state index contributed by atoms with van der Waals surface area (Å²) in [6.45, 7) is 5.32. The Morgan fingerprint density at radius 1 is 1.26 bits per heavy atom. The summed E-state index contributed by atoms with van der Waals surface area (Å²) in [5.74, 6) is -0.294. The summed E-state index contributed by atoms with van der Waals surface area (Å²) in [6.07, 6.45) is -0.109. The van der Waals surface area contributed by atoms with Gasteiger partial charge in [0, 0.05) is 50.9 Å². The highest BCUT2D eigenvalue weighted by Crippen LogP contribution is 2.28. The number of nitrogens with zero attached hydrogens (tertiary/aromatic N) is 2. The topological polar surface area (TPSA) is 73.9 Å². The Balaban J connectivity index is 1.40. The fourth-order valence-electron chi connectivity index (χ4n) is 3.87. The van der Waals surface area contributed by atoms with Gasteiger partial charge in [-0.3, -0.25) is 9.59 Å². The first-order valence-electron chi connectivity index (χ1n) is 10.5. The molecular formula is C23H27FN4O3. The van der Waals surface area contributed by atoms with E-state index < -0.39 is 0 Å². The number of halogens is 1. The maximum Gasteiger partial charge on any atom is 0.236 e. The van der Waals surface area contributed by atoms with Gasteiger partial charge in [-0.05, 0) is 29.3 Å². The zero-order valence-corrected chi connectivity index (χ0v) is 17.6. The second-order valence-corrected chi connectivity index (χ2v) is 7.93. The number of hydrogen-bond acceptors (Lipinski definition) is 5. The lowest BCUT2D eigenvalue weighted by molar-refractivity contribution is -0.132. The van der Waals surface area contributed by atoms with Crippen molar-refractivity contribution in [1.82, 2.24) is 15.5 Å². The highest BCUT2D eigenvalue weighted by molar-refractivity contribution is 5.79. The molecule has 0 aliphatic carbocycles. The zero-order valence-electron chi connectivity index (χ0n) is 17.6. The molecule has 1 atom stereocenters. The van der Waals surface area contributed by atoms with E-state index in [-0.39, 0.29) is 23.7 Å². The van der Waals surface area contributed by atoms with Crippen LogP contribution in [-0.2, 0) is 20.9 Å². The first-order chi connectivity index (χ1) is 15.0. The van der Waals surface area contributed by atoms with E-state index in [1.165, 1.54) is 13.0 Å². The van der Waals surface area contributed by atoms with Gasteiger partial charge < -0.3 is 25.2 Å². The van der Waals surface area contributed by atoms with Crippen molar-refractivity contribution in [2.75, 3.05) is 44.4 Å². The second kappa shape index (κ2) is 9.45. The zero-order chi connectivity index (χ0) is 21.8. The summed E-state index contributed by atoms with van der Waals surface area (Å²) in [5.41, 5.74) is 3.10. The maximum atomic E-state index is 14.9. The van der Waals surface area contributed by atoms with Crippen LogP contribution in [0.4, 0.5) is 10.1 Å². The lowest BCUT2D eigenvalue weighted by atomic mass is 10.0. The van der Waals surface area contributed by atoms with E-state index in [0.29, 0.717) is 45.0 Å². The molecule has 0 radical (unpaired) electrons. The molecule has 2 aliphatic rings. The number of hydrogen-bond donors (Lipinski definition) is 2. The van der Waals surface area contributed by atoms with E-state index in [0.717, 1.165) is 23.4 Å². The van der Waals surface area contributed by atoms with Crippen molar-refractivity contribution in [3.05, 3.63) is 53.8 Å². The number of amides is 2. The minimum absolute atomic E-state index is 0.0944. The van der Waals surface area contributed by atoms with Crippen molar-refractivity contribution < 1.29 is 18.7 Å². The summed E-state index contributed by atoms with van der Waals surface area (Å²) in [7, 11) is 0. The van der Waals surface area contributed by atoms with E-state index in [2.05, 4.69) is 10.6 Å². The number of benzene rings is 2. The minimum atomic E-state index is -0.298. The Morgan fingerprint density at radius 2 is 2.06 bits per heavy atom. The van der Waals surface area contributed by atoms with Crippen LogP contribution in [-0.4, -0.2) is 62.3 Å². The van der Waals surface area contributed by atoms with E-state index in [1.807, 2.05) is 40.1 Å². The lowest BCUT2D eigenvalue weighted by Crippen LogP contribution is -2.47. The van der Waals surface area contributed by atoms with Gasteiger partial charge in [0.1, 0.15) is 12.5 Å². The Kier molecular flexibility index (Phi) is 6.48. The number of piperazine rings is 1. The van der Waals surface area contributed by atoms with Crippen LogP contribution in [0.25, 0.3) is 11.1 Å². The Bertz CT molecular complexity index is 950. The van der Waals surface area contributed by atoms with E-state index in [1.54, 1.807) is 6.07 Å². The highest BCUT2D eigenvalue weighted by atomic mass is 19.1. The molecule has 0 aromatic heterocycles. The SMILES string of the molecule is CC(=O)NC[C@H]1CN(c2ccc(-c3ccc(CN4CCNCC4=O)cc3)c(F)c2)CO1. The molecule has 2 fully saturated rings. The number of ether oxygens (including phenoxy) is 1. The molecule has 2 amide bonds. The van der Waals surface area contributed by atoms with E-state index in [4.69, 9.17) is 4.74 Å². The summed E-state index contributed by atoms with van der Waals surface area (Å²) in [6, 6.07) is 12.9. The van der Waals surface area contributed by atoms with Crippen molar-refractivity contribution in [2.45, 2.75) is 19.6 Å². The average Bonchev–Trinajstić information content (AvgIpc) is 3.24. The summed E-state index contributed by atoms with van der Waals surface area (Å²) < 4.78 is 20.5. The summed E-state index contributed by atoms with van der Waals surface area (Å²) in [4.78, 5) is 26.8. The molecule has 31 heavy (non-hydrogen) atoms. The van der Waals surface area contributed by atoms with Crippen LogP contribution >= 0.6 is 0 Å². The number of nitrogens with one attached hydrogen (secondary N) is 2. The molecule has 2 aliphatic heterocycles. The molecule has 7 nitrogen and oxygen atoms in total. The monoisotopic (exact) mass is 426 g/mol. The molecule has 8 heteroatoms. The van der Waals surface area contributed by atoms with Crippen LogP contribution in [0, 0.1) is 5.82 Å². The van der Waals surface area contributed by atoms with Gasteiger partial charge in [-0.1, -0.05) is 24.3 Å². The first-order valence-corrected chi connectivity index (χ1v) is 10.5. The lowest BCUT2D eigenvalue weighted by Gasteiger charge is -2.27. The van der Waals surface area contributed by atoms with E-state index >= 15 is 0 Å². The summed E-state index contributed by atoms with van der Waals surface area (Å²) in [5, 5.41) is 5.81. The first kappa shape index (κ1) is 21.3. The molecular weight excluding hydrogens is 399 g/mol. The van der Waals surface area contributed by atoms with Gasteiger partial charge in [-0.25, -0.2) is 4.39 Å². The predicted octanol–water partition coefficient (Wildman–Crippen LogP) is 1.72. The predicted molar refractivity (Wildman–Crippen MR) is 116 cm³/mol. The van der Waals surface area contributed by atoms with Crippen LogP contribution in [0.5, 0.6) is 0 Å². The molecule has 0 unspecified atom stereocenters. The molecule has 164 valence electrons. The van der Waals surface area contributed by atoms with Crippen molar-refractivity contribution in [3.63, 3.8) is 0 Å². The highest BCUT2D eigenvalue weighted by Gasteiger charge is 2.24. The van der Waals surface area contributed by atoms with Crippen LogP contribution < -0.4 is 15.5 Å². The fraction of sp³-hybridized carbons (Fsp3) is 0.391. The van der Waals surface area contributed by atoms with Gasteiger partial charge in [0.25, 0.3) is 0 Å². The minimum Gasteiger partial charge on any atom is -0.354 e. The number of carbonyl (C=O) groups is 2. The largest absolute Gasteiger partial charge is 0.354 e. The third kappa shape index (κ3) is 5.21. The number of anilines is 1. The van der Waals surface area contributed by atoms with Gasteiger partial charge in [0.2, 0.25) is 11.8 Å². The van der Waals surface area contributed by atoms with Gasteiger partial charge in [-0.2, -0.15) is 0 Å². The number of carbonyl (C=O) groups excluding carboxylic acids is 2. The molecule has 2 aromatic rings. The van der Waals surface area contributed by atoms with E-state index in [9.17, 15) is 14.0 Å². The van der Waals surface area contributed by atoms with Crippen molar-refractivity contribution in [2.24, 2.45) is 0 Å². The molecule has 0 spiro atoms. The molecule has 2 N–H and O–H groups in total. The van der Waals surface area contributed by atoms with Gasteiger partial charge in [-0.15, -0.1) is 0 Å². The summed E-state index contributed by atoms with van der Waals surface area (Å²) >= 11 is 0. The van der Waals surface area contributed by atoms with Crippen molar-refractivity contribution in [1.29, 1.82) is 0 Å². The quantitative estimate of drug-likeness (QED) is 0.736. The molecule has 2 aromatic carbocycles. The fourth-order valence-corrected chi connectivity index (χ4v) is 3.87. The second-order valence-electron chi connectivity index (χ2n) is 7.93. The smallest absolute Gasteiger partial charge is 0.236 e. The van der Waals surface area contributed by atoms with Crippen LogP contribution in [0.3, 0.4) is 0 Å². The van der Waals surface area contributed by atoms with Crippen LogP contribution in [0.2, 0.25) is 0 Å². The third-order valence-corrected chi connectivity index (χ3v) is 5.61. The Morgan fingerprint density at radius 3 is 2.77 bits per heavy atom. The normalized spacial score (nSPS) is 19.0. The van der Waals surface area contributed by atoms with Crippen LogP contribution in [0.15, 0.2) is 42.5 Å². The van der Waals surface area contributed by atoms with Gasteiger partial charge in [0.05, 0.1) is 12.6 Å². The Hall–Kier alpha value is -2.97. The van der Waals surface area contributed by atoms with Crippen LogP contribution in [0.1, 0.15) is 12.5 Å². The van der Waals surface area contributed by atoms with Gasteiger partial charge in [0.15, 0.2) is 0 Å². The average molecular weight is 426 g/mol. The van der Waals surface area contributed by atoms with Crippen molar-refractivity contribution in [3.8, 4) is 11.1 Å².